The highest BCUT2D eigenvalue weighted by atomic mass is 32.1. The van der Waals surface area contributed by atoms with Crippen LogP contribution in [0.5, 0.6) is 0 Å². The fourth-order valence-corrected chi connectivity index (χ4v) is 0. The molecule has 0 aromatic carbocycles. The number of thiocarbonyl (C=S) groups is 1. The molecule has 0 saturated carbocycles. The predicted octanol–water partition coefficient (Wildman–Crippen LogP) is -1.43. The van der Waals surface area contributed by atoms with Gasteiger partial charge in [-0.3, -0.25) is 9.59 Å². The van der Waals surface area contributed by atoms with Crippen molar-refractivity contribution >= 4 is 29.9 Å². The minimum atomic E-state index is 0.000000000000000222. The summed E-state index contributed by atoms with van der Waals surface area (Å²) < 4.78 is 0. The molecule has 0 aliphatic carbocycles. The maximum atomic E-state index is 8.81. The molecule has 0 heterocycles. The Labute approximate surface area is 51.8 Å². The van der Waals surface area contributed by atoms with Crippen LogP contribution in [0.15, 0.2) is 0 Å². The number of rotatable bonds is 1. The van der Waals surface area contributed by atoms with E-state index in [4.69, 9.17) is 9.59 Å². The Morgan fingerprint density at radius 1 is 1.25 bits per heavy atom. The van der Waals surface area contributed by atoms with Gasteiger partial charge in [0.2, 0.25) is 0 Å². The first-order chi connectivity index (χ1) is 3.65. The summed E-state index contributed by atoms with van der Waals surface area (Å²) in [5.41, 5.74) is 9.24. The van der Waals surface area contributed by atoms with Gasteiger partial charge >= 0.3 is 0 Å². The minimum Gasteiger partial charge on any atom is -0.377 e. The lowest BCUT2D eigenvalue weighted by molar-refractivity contribution is -0.122. The molecule has 0 bridgehead atoms. The predicted molar refractivity (Wildman–Crippen MR) is 33.1 cm³/mol. The third kappa shape index (κ3) is 90800. The van der Waals surface area contributed by atoms with Gasteiger partial charge in [-0.05, 0) is 12.2 Å². The first-order valence-electron chi connectivity index (χ1n) is 1.59. The molecule has 4 N–H and O–H groups in total. The average Bonchev–Trinajstić information content (AvgIpc) is 1.65. The molecule has 0 unspecified atom stereocenters. The lowest BCUT2D eigenvalue weighted by Crippen LogP contribution is -2.18. The van der Waals surface area contributed by atoms with E-state index in [1.165, 1.54) is 0 Å². The Kier molecular flexibility index (Phi) is 11.9. The summed E-state index contributed by atoms with van der Waals surface area (Å²) in [5.74, 6) is 0. The number of carbonyl (C=O) groups excluding carboxylic acids is 2. The second-order valence-corrected chi connectivity index (χ2v) is 1.15. The van der Waals surface area contributed by atoms with Gasteiger partial charge in [0.1, 0.15) is 0 Å². The Balaban J connectivity index is 0. The van der Waals surface area contributed by atoms with Crippen LogP contribution in [0, 0.1) is 0 Å². The maximum Gasteiger partial charge on any atom is 0.182 e. The zero-order valence-corrected chi connectivity index (χ0v) is 4.85. The summed E-state index contributed by atoms with van der Waals surface area (Å²) in [6.45, 7) is 0. The molecule has 0 saturated heterocycles. The Bertz CT molecular complexity index is 83.3. The van der Waals surface area contributed by atoms with E-state index in [0.717, 1.165) is 0 Å². The fourth-order valence-electron chi connectivity index (χ4n) is 0. The van der Waals surface area contributed by atoms with Crippen molar-refractivity contribution in [1.29, 1.82) is 0 Å². The number of hydrogen-bond donors (Lipinski definition) is 2. The monoisotopic (exact) mass is 134 g/mol. The molecular formula is C3H6N2O2S. The van der Waals surface area contributed by atoms with Crippen molar-refractivity contribution in [3.05, 3.63) is 0 Å². The van der Waals surface area contributed by atoms with Crippen molar-refractivity contribution in [2.24, 2.45) is 11.5 Å². The van der Waals surface area contributed by atoms with Gasteiger partial charge in [0.05, 0.1) is 0 Å². The molecule has 4 nitrogen and oxygen atoms in total. The van der Waals surface area contributed by atoms with Crippen LogP contribution in [0.25, 0.3) is 0 Å². The summed E-state index contributed by atoms with van der Waals surface area (Å²) in [5, 5.41) is 0.000000000000000222. The Hall–Kier alpha value is -0.970. The van der Waals surface area contributed by atoms with E-state index >= 15 is 0 Å². The highest BCUT2D eigenvalue weighted by Gasteiger charge is 1.53. The van der Waals surface area contributed by atoms with Crippen molar-refractivity contribution in [1.82, 2.24) is 0 Å². The number of carbonyl (C=O) groups is 2. The van der Waals surface area contributed by atoms with Crippen LogP contribution in [0.2, 0.25) is 0 Å². The second-order valence-electron chi connectivity index (χ2n) is 0.675. The van der Waals surface area contributed by atoms with E-state index in [9.17, 15) is 0 Å². The molecule has 0 spiro atoms. The molecule has 0 aromatic rings. The van der Waals surface area contributed by atoms with Gasteiger partial charge in [-0.25, -0.2) is 0 Å². The molecule has 0 radical (unpaired) electrons. The third-order valence-electron chi connectivity index (χ3n) is 0.0556. The van der Waals surface area contributed by atoms with Crippen molar-refractivity contribution in [3.8, 4) is 0 Å². The molecule has 46 valence electrons. The van der Waals surface area contributed by atoms with E-state index < -0.39 is 0 Å². The molecule has 0 fully saturated rings. The quantitative estimate of drug-likeness (QED) is 0.261. The van der Waals surface area contributed by atoms with Crippen molar-refractivity contribution in [2.75, 3.05) is 0 Å². The highest BCUT2D eigenvalue weighted by Crippen LogP contribution is 1.32. The lowest BCUT2D eigenvalue weighted by Gasteiger charge is -1.68. The molecular weight excluding hydrogens is 128 g/mol. The molecule has 8 heavy (non-hydrogen) atoms. The van der Waals surface area contributed by atoms with Gasteiger partial charge < -0.3 is 11.5 Å². The number of hydrogen-bond acceptors (Lipinski definition) is 3. The summed E-state index contributed by atoms with van der Waals surface area (Å²) >= 11 is 4.09. The molecule has 0 rings (SSSR count). The molecule has 0 atom stereocenters. The van der Waals surface area contributed by atoms with Gasteiger partial charge in [0.25, 0.3) is 0 Å². The summed E-state index contributed by atoms with van der Waals surface area (Å²) in [6.07, 6.45) is 0.389. The Morgan fingerprint density at radius 3 is 1.38 bits per heavy atom. The molecule has 5 heteroatoms. The Morgan fingerprint density at radius 2 is 1.38 bits per heavy atom. The van der Waals surface area contributed by atoms with Crippen LogP contribution in [0.3, 0.4) is 0 Å². The fraction of sp³-hybridized carbons (Fsp3) is 0. The van der Waals surface area contributed by atoms with E-state index in [1.807, 2.05) is 0 Å². The summed E-state index contributed by atoms with van der Waals surface area (Å²) in [4.78, 5) is 17.6. The van der Waals surface area contributed by atoms with E-state index in [0.29, 0.717) is 0 Å². The SMILES string of the molecule is NC(N)=S.O=CC=O. The topological polar surface area (TPSA) is 86.2 Å². The zero-order valence-electron chi connectivity index (χ0n) is 4.03. The number of aldehydes is 2. The lowest BCUT2D eigenvalue weighted by atomic mass is 10.9. The highest BCUT2D eigenvalue weighted by molar-refractivity contribution is 7.80. The largest absolute Gasteiger partial charge is 0.377 e. The standard InChI is InChI=1S/C2H2O2.CH4N2S/c3-1-2-4;2-1(3)4/h1-2H;(H4,2,3,4). The minimum absolute atomic E-state index is 0.000000000000000222. The molecule has 0 aliphatic rings. The first-order valence-corrected chi connectivity index (χ1v) is 1.99. The third-order valence-corrected chi connectivity index (χ3v) is 0.0556. The zero-order chi connectivity index (χ0) is 6.99. The van der Waals surface area contributed by atoms with Crippen LogP contribution < -0.4 is 11.5 Å². The first kappa shape index (κ1) is 10.1. The van der Waals surface area contributed by atoms with Crippen LogP contribution in [-0.2, 0) is 9.59 Å². The molecule has 0 amide bonds. The van der Waals surface area contributed by atoms with Gasteiger partial charge in [0, 0.05) is 0 Å². The van der Waals surface area contributed by atoms with Crippen LogP contribution in [-0.4, -0.2) is 17.7 Å². The average molecular weight is 134 g/mol. The van der Waals surface area contributed by atoms with Gasteiger partial charge in [0.15, 0.2) is 17.7 Å². The van der Waals surface area contributed by atoms with Crippen LogP contribution in [0.4, 0.5) is 0 Å². The molecule has 0 aliphatic heterocycles. The summed E-state index contributed by atoms with van der Waals surface area (Å²) in [6, 6.07) is 0. The van der Waals surface area contributed by atoms with Crippen molar-refractivity contribution in [2.45, 2.75) is 0 Å². The summed E-state index contributed by atoms with van der Waals surface area (Å²) in [7, 11) is 0. The molecule has 0 aromatic heterocycles. The van der Waals surface area contributed by atoms with Crippen LogP contribution >= 0.6 is 12.2 Å². The van der Waals surface area contributed by atoms with Crippen LogP contribution in [0.1, 0.15) is 0 Å². The van der Waals surface area contributed by atoms with Gasteiger partial charge in [-0.15, -0.1) is 0 Å². The normalized spacial score (nSPS) is 5.50. The van der Waals surface area contributed by atoms with Crippen molar-refractivity contribution in [3.63, 3.8) is 0 Å². The van der Waals surface area contributed by atoms with E-state index in [1.54, 1.807) is 0 Å². The smallest absolute Gasteiger partial charge is 0.182 e. The number of nitrogens with two attached hydrogens (primary N) is 2. The second kappa shape index (κ2) is 9.39. The van der Waals surface area contributed by atoms with Crippen molar-refractivity contribution < 1.29 is 9.59 Å². The van der Waals surface area contributed by atoms with E-state index in [2.05, 4.69) is 23.7 Å². The van der Waals surface area contributed by atoms with Gasteiger partial charge in [-0.1, -0.05) is 0 Å². The van der Waals surface area contributed by atoms with Gasteiger partial charge in [-0.2, -0.15) is 0 Å². The van der Waals surface area contributed by atoms with E-state index in [-0.39, 0.29) is 17.7 Å². The maximum absolute atomic E-state index is 8.81.